The highest BCUT2D eigenvalue weighted by Gasteiger charge is 2.24. The van der Waals surface area contributed by atoms with Crippen LogP contribution in [0.4, 0.5) is 10.1 Å². The van der Waals surface area contributed by atoms with Crippen LogP contribution in [0.25, 0.3) is 0 Å². The van der Waals surface area contributed by atoms with Crippen molar-refractivity contribution < 1.29 is 14.6 Å². The van der Waals surface area contributed by atoms with Crippen molar-refractivity contribution in [1.29, 1.82) is 0 Å². The van der Waals surface area contributed by atoms with Crippen molar-refractivity contribution in [1.82, 2.24) is 0 Å². The fraction of sp³-hybridized carbons (Fsp3) is 0.571. The third kappa shape index (κ3) is 2.65. The van der Waals surface area contributed by atoms with Crippen LogP contribution in [0.3, 0.4) is 0 Å². The molecule has 2 rings (SSSR count). The van der Waals surface area contributed by atoms with Gasteiger partial charge in [0.05, 0.1) is 24.9 Å². The van der Waals surface area contributed by atoms with Crippen LogP contribution in [0.1, 0.15) is 31.2 Å². The average Bonchev–Trinajstić information content (AvgIpc) is 2.63. The summed E-state index contributed by atoms with van der Waals surface area (Å²) in [7, 11) is 0. The molecule has 1 aliphatic heterocycles. The van der Waals surface area contributed by atoms with Gasteiger partial charge >= 0.3 is 0 Å². The molecule has 100 valence electrons. The Morgan fingerprint density at radius 1 is 1.22 bits per heavy atom. The van der Waals surface area contributed by atoms with Gasteiger partial charge in [-0.3, -0.25) is 0 Å². The summed E-state index contributed by atoms with van der Waals surface area (Å²) in [5.74, 6) is -0.318. The van der Waals surface area contributed by atoms with E-state index in [1.54, 1.807) is 12.1 Å². The van der Waals surface area contributed by atoms with E-state index in [4.69, 9.17) is 0 Å². The van der Waals surface area contributed by atoms with Gasteiger partial charge in [0.25, 0.3) is 0 Å². The van der Waals surface area contributed by atoms with Crippen LogP contribution in [0.5, 0.6) is 0 Å². The highest BCUT2D eigenvalue weighted by Crippen LogP contribution is 2.30. The van der Waals surface area contributed by atoms with Crippen molar-refractivity contribution in [3.63, 3.8) is 0 Å². The van der Waals surface area contributed by atoms with Crippen LogP contribution >= 0.6 is 0 Å². The number of halogens is 1. The highest BCUT2D eigenvalue weighted by atomic mass is 19.1. The predicted octanol–water partition coefficient (Wildman–Crippen LogP) is 2.06. The van der Waals surface area contributed by atoms with Gasteiger partial charge in [0.1, 0.15) is 5.82 Å². The van der Waals surface area contributed by atoms with Gasteiger partial charge in [-0.25, -0.2) is 4.39 Å². The number of hydrogen-bond donors (Lipinski definition) is 2. The topological polar surface area (TPSA) is 43.7 Å². The molecule has 18 heavy (non-hydrogen) atoms. The first-order valence-electron chi connectivity index (χ1n) is 6.53. The number of aliphatic hydroxyl groups excluding tert-OH is 2. The maximum atomic E-state index is 14.0. The molecule has 0 radical (unpaired) electrons. The molecule has 0 bridgehead atoms. The SMILES string of the molecule is OCc1cccc(F)c1N1CCCCCC1CO. The quantitative estimate of drug-likeness (QED) is 0.866. The van der Waals surface area contributed by atoms with E-state index in [2.05, 4.69) is 0 Å². The molecule has 0 spiro atoms. The molecule has 1 saturated heterocycles. The lowest BCUT2D eigenvalue weighted by atomic mass is 10.1. The standard InChI is InChI=1S/C14H20FNO2/c15-13-7-4-5-11(9-17)14(13)16-8-3-1-2-6-12(16)10-18/h4-5,7,12,17-18H,1-3,6,8-10H2. The second-order valence-corrected chi connectivity index (χ2v) is 4.78. The van der Waals surface area contributed by atoms with Gasteiger partial charge in [-0.15, -0.1) is 0 Å². The smallest absolute Gasteiger partial charge is 0.146 e. The summed E-state index contributed by atoms with van der Waals surface area (Å²) in [4.78, 5) is 1.92. The van der Waals surface area contributed by atoms with E-state index in [-0.39, 0.29) is 25.1 Å². The van der Waals surface area contributed by atoms with Crippen LogP contribution in [-0.2, 0) is 6.61 Å². The largest absolute Gasteiger partial charge is 0.394 e. The maximum Gasteiger partial charge on any atom is 0.146 e. The van der Waals surface area contributed by atoms with Crippen LogP contribution < -0.4 is 4.90 Å². The monoisotopic (exact) mass is 253 g/mol. The van der Waals surface area contributed by atoms with E-state index in [0.717, 1.165) is 32.2 Å². The van der Waals surface area contributed by atoms with Crippen molar-refractivity contribution in [2.24, 2.45) is 0 Å². The first kappa shape index (κ1) is 13.3. The number of aliphatic hydroxyl groups is 2. The Hall–Kier alpha value is -1.13. The van der Waals surface area contributed by atoms with Gasteiger partial charge < -0.3 is 15.1 Å². The molecule has 1 aliphatic rings. The predicted molar refractivity (Wildman–Crippen MR) is 69.0 cm³/mol. The number of nitrogens with zero attached hydrogens (tertiary/aromatic N) is 1. The minimum atomic E-state index is -0.318. The van der Waals surface area contributed by atoms with Gasteiger partial charge in [0.15, 0.2) is 0 Å². The van der Waals surface area contributed by atoms with E-state index >= 15 is 0 Å². The summed E-state index contributed by atoms with van der Waals surface area (Å²) >= 11 is 0. The van der Waals surface area contributed by atoms with Crippen molar-refractivity contribution in [2.45, 2.75) is 38.3 Å². The summed E-state index contributed by atoms with van der Waals surface area (Å²) in [6.07, 6.45) is 4.03. The van der Waals surface area contributed by atoms with Gasteiger partial charge in [0, 0.05) is 12.1 Å². The number of rotatable bonds is 3. The molecule has 1 aromatic carbocycles. The Morgan fingerprint density at radius 3 is 2.78 bits per heavy atom. The van der Waals surface area contributed by atoms with E-state index in [1.165, 1.54) is 6.07 Å². The molecule has 1 atom stereocenters. The summed E-state index contributed by atoms with van der Waals surface area (Å²) in [6, 6.07) is 4.71. The summed E-state index contributed by atoms with van der Waals surface area (Å²) in [5.41, 5.74) is 1.05. The number of para-hydroxylation sites is 1. The Bertz CT molecular complexity index is 397. The minimum Gasteiger partial charge on any atom is -0.394 e. The Kier molecular flexibility index (Phi) is 4.55. The van der Waals surface area contributed by atoms with Crippen LogP contribution in [-0.4, -0.2) is 29.4 Å². The molecule has 0 saturated carbocycles. The Balaban J connectivity index is 2.37. The first-order valence-corrected chi connectivity index (χ1v) is 6.53. The summed E-state index contributed by atoms with van der Waals surface area (Å²) in [5, 5.41) is 18.8. The third-order valence-electron chi connectivity index (χ3n) is 3.62. The van der Waals surface area contributed by atoms with Gasteiger partial charge in [0.2, 0.25) is 0 Å². The molecule has 0 amide bonds. The molecule has 0 aliphatic carbocycles. The zero-order chi connectivity index (χ0) is 13.0. The van der Waals surface area contributed by atoms with Crippen LogP contribution in [0.15, 0.2) is 18.2 Å². The normalized spacial score (nSPS) is 20.8. The van der Waals surface area contributed by atoms with Crippen LogP contribution in [0.2, 0.25) is 0 Å². The molecular weight excluding hydrogens is 233 g/mol. The van der Waals surface area contributed by atoms with Crippen molar-refractivity contribution in [2.75, 3.05) is 18.1 Å². The average molecular weight is 253 g/mol. The molecular formula is C14H20FNO2. The minimum absolute atomic E-state index is 0.0270. The summed E-state index contributed by atoms with van der Waals surface area (Å²) < 4.78 is 14.0. The maximum absolute atomic E-state index is 14.0. The van der Waals surface area contributed by atoms with Gasteiger partial charge in [-0.2, -0.15) is 0 Å². The number of anilines is 1. The molecule has 2 N–H and O–H groups in total. The molecule has 3 nitrogen and oxygen atoms in total. The molecule has 4 heteroatoms. The fourth-order valence-electron chi connectivity index (χ4n) is 2.67. The molecule has 1 aromatic rings. The molecule has 1 unspecified atom stereocenters. The Labute approximate surface area is 107 Å². The fourth-order valence-corrected chi connectivity index (χ4v) is 2.67. The van der Waals surface area contributed by atoms with Crippen molar-refractivity contribution in [3.05, 3.63) is 29.6 Å². The summed E-state index contributed by atoms with van der Waals surface area (Å²) in [6.45, 7) is 0.583. The highest BCUT2D eigenvalue weighted by molar-refractivity contribution is 5.55. The van der Waals surface area contributed by atoms with Crippen LogP contribution in [0, 0.1) is 5.82 Å². The zero-order valence-corrected chi connectivity index (χ0v) is 10.5. The van der Waals surface area contributed by atoms with E-state index < -0.39 is 0 Å². The van der Waals surface area contributed by atoms with Gasteiger partial charge in [-0.05, 0) is 18.9 Å². The molecule has 0 aromatic heterocycles. The Morgan fingerprint density at radius 2 is 2.06 bits per heavy atom. The first-order chi connectivity index (χ1) is 8.77. The second-order valence-electron chi connectivity index (χ2n) is 4.78. The van der Waals surface area contributed by atoms with E-state index in [0.29, 0.717) is 11.3 Å². The van der Waals surface area contributed by atoms with Gasteiger partial charge in [-0.1, -0.05) is 25.0 Å². The lowest BCUT2D eigenvalue weighted by Crippen LogP contribution is -2.38. The lowest BCUT2D eigenvalue weighted by Gasteiger charge is -2.32. The van der Waals surface area contributed by atoms with Crippen molar-refractivity contribution in [3.8, 4) is 0 Å². The van der Waals surface area contributed by atoms with E-state index in [9.17, 15) is 14.6 Å². The molecule has 1 heterocycles. The number of benzene rings is 1. The van der Waals surface area contributed by atoms with E-state index in [1.807, 2.05) is 4.90 Å². The molecule has 1 fully saturated rings. The lowest BCUT2D eigenvalue weighted by molar-refractivity contribution is 0.252. The third-order valence-corrected chi connectivity index (χ3v) is 3.62. The number of hydrogen-bond acceptors (Lipinski definition) is 3. The second kappa shape index (κ2) is 6.16. The zero-order valence-electron chi connectivity index (χ0n) is 10.5. The van der Waals surface area contributed by atoms with Crippen molar-refractivity contribution >= 4 is 5.69 Å².